The molecule has 0 spiro atoms. The Labute approximate surface area is 142 Å². The average Bonchev–Trinajstić information content (AvgIpc) is 2.97. The highest BCUT2D eigenvalue weighted by molar-refractivity contribution is 7.99. The summed E-state index contributed by atoms with van der Waals surface area (Å²) >= 11 is 2.83. The zero-order valence-corrected chi connectivity index (χ0v) is 14.7. The van der Waals surface area contributed by atoms with Gasteiger partial charge in [0.05, 0.1) is 17.7 Å². The predicted octanol–water partition coefficient (Wildman–Crippen LogP) is 3.37. The van der Waals surface area contributed by atoms with Gasteiger partial charge < -0.3 is 5.11 Å². The molecule has 23 heavy (non-hydrogen) atoms. The Balaban J connectivity index is 2.05. The van der Waals surface area contributed by atoms with Crippen LogP contribution in [-0.4, -0.2) is 26.0 Å². The number of rotatable bonds is 5. The minimum absolute atomic E-state index is 0.0212. The van der Waals surface area contributed by atoms with Crippen molar-refractivity contribution in [2.24, 2.45) is 0 Å². The van der Waals surface area contributed by atoms with Crippen LogP contribution in [0.4, 0.5) is 0 Å². The van der Waals surface area contributed by atoms with Crippen LogP contribution in [0.15, 0.2) is 51.7 Å². The number of hydrogen-bond acceptors (Lipinski definition) is 5. The predicted molar refractivity (Wildman–Crippen MR) is 96.4 cm³/mol. The summed E-state index contributed by atoms with van der Waals surface area (Å²) in [6.07, 6.45) is 0. The minimum Gasteiger partial charge on any atom is -0.390 e. The van der Waals surface area contributed by atoms with Crippen LogP contribution in [0.3, 0.4) is 0 Å². The van der Waals surface area contributed by atoms with Gasteiger partial charge in [0.25, 0.3) is 5.56 Å². The number of fused-ring (bicyclic) bond motifs is 1. The van der Waals surface area contributed by atoms with Crippen molar-refractivity contribution in [1.29, 1.82) is 0 Å². The quantitative estimate of drug-likeness (QED) is 0.568. The van der Waals surface area contributed by atoms with Crippen LogP contribution in [0, 0.1) is 0 Å². The number of nitrogens with zero attached hydrogens (tertiary/aromatic N) is 2. The fraction of sp³-hybridized carbons (Fsp3) is 0.294. The van der Waals surface area contributed by atoms with Gasteiger partial charge in [-0.15, -0.1) is 11.3 Å². The highest BCUT2D eigenvalue weighted by Crippen LogP contribution is 2.24. The van der Waals surface area contributed by atoms with E-state index in [0.29, 0.717) is 22.2 Å². The summed E-state index contributed by atoms with van der Waals surface area (Å²) in [6, 6.07) is 11.7. The van der Waals surface area contributed by atoms with Gasteiger partial charge in [0.1, 0.15) is 4.70 Å². The molecule has 1 aromatic carbocycles. The zero-order chi connectivity index (χ0) is 16.4. The lowest BCUT2D eigenvalue weighted by molar-refractivity contribution is 0.107. The SMILES string of the molecule is CC(C)(O)CSc1nc2ccsc2c(=O)n1Cc1ccccc1. The van der Waals surface area contributed by atoms with Gasteiger partial charge in [-0.3, -0.25) is 9.36 Å². The van der Waals surface area contributed by atoms with Crippen molar-refractivity contribution < 1.29 is 5.11 Å². The van der Waals surface area contributed by atoms with Gasteiger partial charge in [0, 0.05) is 5.75 Å². The standard InChI is InChI=1S/C17H18N2O2S2/c1-17(2,21)11-23-16-18-13-8-9-22-14(13)15(20)19(16)10-12-6-4-3-5-7-12/h3-9,21H,10-11H2,1-2H3. The molecule has 0 fully saturated rings. The molecule has 0 saturated carbocycles. The van der Waals surface area contributed by atoms with Crippen molar-refractivity contribution in [2.75, 3.05) is 5.75 Å². The number of thiophene rings is 1. The van der Waals surface area contributed by atoms with Crippen molar-refractivity contribution in [2.45, 2.75) is 31.1 Å². The molecule has 2 heterocycles. The molecule has 1 N–H and O–H groups in total. The Morgan fingerprint density at radius 3 is 2.70 bits per heavy atom. The van der Waals surface area contributed by atoms with Gasteiger partial charge in [0.15, 0.2) is 5.16 Å². The van der Waals surface area contributed by atoms with Crippen LogP contribution in [0.5, 0.6) is 0 Å². The molecular weight excluding hydrogens is 328 g/mol. The van der Waals surface area contributed by atoms with Gasteiger partial charge >= 0.3 is 0 Å². The molecule has 0 atom stereocenters. The Morgan fingerprint density at radius 1 is 1.26 bits per heavy atom. The number of aliphatic hydroxyl groups is 1. The molecule has 0 aliphatic rings. The van der Waals surface area contributed by atoms with Crippen LogP contribution < -0.4 is 5.56 Å². The van der Waals surface area contributed by atoms with Crippen LogP contribution in [-0.2, 0) is 6.54 Å². The average molecular weight is 346 g/mol. The lowest BCUT2D eigenvalue weighted by Gasteiger charge is -2.18. The Hall–Kier alpha value is -1.63. The minimum atomic E-state index is -0.816. The molecular formula is C17H18N2O2S2. The van der Waals surface area contributed by atoms with Gasteiger partial charge in [0.2, 0.25) is 0 Å². The first-order chi connectivity index (χ1) is 10.9. The van der Waals surface area contributed by atoms with Crippen molar-refractivity contribution in [3.63, 3.8) is 0 Å². The van der Waals surface area contributed by atoms with Crippen molar-refractivity contribution in [1.82, 2.24) is 9.55 Å². The summed E-state index contributed by atoms with van der Waals surface area (Å²) in [4.78, 5) is 17.4. The number of hydrogen-bond donors (Lipinski definition) is 1. The summed E-state index contributed by atoms with van der Waals surface area (Å²) in [5.41, 5.74) is 0.941. The molecule has 0 aliphatic heterocycles. The van der Waals surface area contributed by atoms with Crippen molar-refractivity contribution >= 4 is 33.3 Å². The van der Waals surface area contributed by atoms with E-state index in [2.05, 4.69) is 4.98 Å². The lowest BCUT2D eigenvalue weighted by Crippen LogP contribution is -2.26. The third-order valence-electron chi connectivity index (χ3n) is 3.27. The summed E-state index contributed by atoms with van der Waals surface area (Å²) in [5.74, 6) is 0.476. The van der Waals surface area contributed by atoms with E-state index in [4.69, 9.17) is 0 Å². The van der Waals surface area contributed by atoms with Crippen LogP contribution in [0.1, 0.15) is 19.4 Å². The summed E-state index contributed by atoms with van der Waals surface area (Å²) < 4.78 is 2.37. The number of aromatic nitrogens is 2. The highest BCUT2D eigenvalue weighted by Gasteiger charge is 2.18. The van der Waals surface area contributed by atoms with Gasteiger partial charge in [-0.25, -0.2) is 4.98 Å². The molecule has 0 saturated heterocycles. The van der Waals surface area contributed by atoms with E-state index < -0.39 is 5.60 Å². The zero-order valence-electron chi connectivity index (χ0n) is 13.0. The third-order valence-corrected chi connectivity index (χ3v) is 5.58. The van der Waals surface area contributed by atoms with E-state index in [9.17, 15) is 9.90 Å². The molecule has 120 valence electrons. The molecule has 2 aromatic heterocycles. The van der Waals surface area contributed by atoms with Crippen LogP contribution in [0.2, 0.25) is 0 Å². The maximum Gasteiger partial charge on any atom is 0.272 e. The first-order valence-corrected chi connectivity index (χ1v) is 9.18. The van der Waals surface area contributed by atoms with Gasteiger partial charge in [-0.1, -0.05) is 42.1 Å². The second-order valence-corrected chi connectivity index (χ2v) is 7.87. The monoisotopic (exact) mass is 346 g/mol. The largest absolute Gasteiger partial charge is 0.390 e. The molecule has 3 rings (SSSR count). The molecule has 0 bridgehead atoms. The Bertz CT molecular complexity index is 864. The van der Waals surface area contributed by atoms with E-state index in [1.54, 1.807) is 18.4 Å². The second kappa shape index (κ2) is 6.47. The molecule has 6 heteroatoms. The Morgan fingerprint density at radius 2 is 2.00 bits per heavy atom. The first kappa shape index (κ1) is 16.2. The smallest absolute Gasteiger partial charge is 0.272 e. The van der Waals surface area contributed by atoms with Crippen LogP contribution in [0.25, 0.3) is 10.2 Å². The first-order valence-electron chi connectivity index (χ1n) is 7.31. The summed E-state index contributed by atoms with van der Waals surface area (Å²) in [6.45, 7) is 3.99. The van der Waals surface area contributed by atoms with Crippen LogP contribution >= 0.6 is 23.1 Å². The van der Waals surface area contributed by atoms with E-state index >= 15 is 0 Å². The molecule has 0 radical (unpaired) electrons. The van der Waals surface area contributed by atoms with Crippen molar-refractivity contribution in [3.8, 4) is 0 Å². The number of thioether (sulfide) groups is 1. The maximum atomic E-state index is 12.8. The van der Waals surface area contributed by atoms with E-state index in [0.717, 1.165) is 11.1 Å². The second-order valence-electron chi connectivity index (χ2n) is 6.01. The molecule has 0 unspecified atom stereocenters. The molecule has 0 aliphatic carbocycles. The van der Waals surface area contributed by atoms with E-state index in [-0.39, 0.29) is 5.56 Å². The fourth-order valence-electron chi connectivity index (χ4n) is 2.18. The summed E-state index contributed by atoms with van der Waals surface area (Å²) in [7, 11) is 0. The topological polar surface area (TPSA) is 55.1 Å². The van der Waals surface area contributed by atoms with Gasteiger partial charge in [-0.05, 0) is 30.9 Å². The van der Waals surface area contributed by atoms with E-state index in [1.807, 2.05) is 41.8 Å². The molecule has 0 amide bonds. The summed E-state index contributed by atoms with van der Waals surface area (Å²) in [5, 5.41) is 12.5. The molecule has 3 aromatic rings. The number of benzene rings is 1. The Kier molecular flexibility index (Phi) is 4.57. The highest BCUT2D eigenvalue weighted by atomic mass is 32.2. The van der Waals surface area contributed by atoms with Crippen molar-refractivity contribution in [3.05, 3.63) is 57.7 Å². The molecule has 4 nitrogen and oxygen atoms in total. The third kappa shape index (κ3) is 3.83. The fourth-order valence-corrected chi connectivity index (χ4v) is 3.91. The maximum absolute atomic E-state index is 12.8. The normalized spacial score (nSPS) is 12.0. The van der Waals surface area contributed by atoms with Gasteiger partial charge in [-0.2, -0.15) is 0 Å². The van der Waals surface area contributed by atoms with E-state index in [1.165, 1.54) is 23.1 Å². The lowest BCUT2D eigenvalue weighted by atomic mass is 10.2.